The van der Waals surface area contributed by atoms with Crippen LogP contribution in [-0.2, 0) is 4.79 Å². The van der Waals surface area contributed by atoms with Crippen LogP contribution in [0.4, 0.5) is 0 Å². The summed E-state index contributed by atoms with van der Waals surface area (Å²) in [6.07, 6.45) is 0. The minimum atomic E-state index is -0.833. The zero-order valence-electron chi connectivity index (χ0n) is 8.48. The van der Waals surface area contributed by atoms with Crippen molar-refractivity contribution >= 4 is 17.6 Å². The van der Waals surface area contributed by atoms with Crippen LogP contribution in [0.5, 0.6) is 0 Å². The van der Waals surface area contributed by atoms with Crippen LogP contribution in [0.1, 0.15) is 18.4 Å². The maximum atomic E-state index is 10.9. The highest BCUT2D eigenvalue weighted by Crippen LogP contribution is 2.25. The molecule has 0 saturated heterocycles. The van der Waals surface area contributed by atoms with E-state index in [1.165, 1.54) is 0 Å². The summed E-state index contributed by atoms with van der Waals surface area (Å²) in [7, 11) is 0. The van der Waals surface area contributed by atoms with Gasteiger partial charge in [-0.2, -0.15) is 0 Å². The van der Waals surface area contributed by atoms with E-state index in [2.05, 4.69) is 0 Å². The fraction of sp³-hybridized carbons (Fsp3) is 0.364. The van der Waals surface area contributed by atoms with Crippen molar-refractivity contribution < 1.29 is 9.90 Å². The van der Waals surface area contributed by atoms with Crippen molar-refractivity contribution in [2.24, 2.45) is 11.7 Å². The summed E-state index contributed by atoms with van der Waals surface area (Å²) in [4.78, 5) is 10.9. The van der Waals surface area contributed by atoms with Gasteiger partial charge < -0.3 is 10.8 Å². The highest BCUT2D eigenvalue weighted by Gasteiger charge is 2.23. The SMILES string of the molecule is CC(C(=O)O)[C@@H](CN)c1ccc(Cl)cc1. The molecule has 1 aromatic carbocycles. The Morgan fingerprint density at radius 1 is 1.47 bits per heavy atom. The zero-order chi connectivity index (χ0) is 11.4. The standard InChI is InChI=1S/C11H14ClNO2/c1-7(11(14)15)10(6-13)8-2-4-9(12)5-3-8/h2-5,7,10H,6,13H2,1H3,(H,14,15)/t7?,10-/m1/s1. The highest BCUT2D eigenvalue weighted by molar-refractivity contribution is 6.30. The Morgan fingerprint density at radius 3 is 2.40 bits per heavy atom. The number of carboxylic acid groups (broad SMARTS) is 1. The Hall–Kier alpha value is -1.06. The number of carbonyl (C=O) groups is 1. The largest absolute Gasteiger partial charge is 0.481 e. The normalized spacial score (nSPS) is 14.6. The molecule has 0 spiro atoms. The molecular weight excluding hydrogens is 214 g/mol. The topological polar surface area (TPSA) is 63.3 Å². The van der Waals surface area contributed by atoms with Crippen LogP contribution < -0.4 is 5.73 Å². The molecule has 82 valence electrons. The predicted molar refractivity (Wildman–Crippen MR) is 60.0 cm³/mol. The van der Waals surface area contributed by atoms with E-state index in [0.717, 1.165) is 5.56 Å². The predicted octanol–water partition coefficient (Wildman–Crippen LogP) is 2.10. The second kappa shape index (κ2) is 5.14. The number of hydrogen-bond donors (Lipinski definition) is 2. The van der Waals surface area contributed by atoms with Gasteiger partial charge in [0.1, 0.15) is 0 Å². The molecule has 0 fully saturated rings. The maximum absolute atomic E-state index is 10.9. The molecule has 0 bridgehead atoms. The Morgan fingerprint density at radius 2 is 2.00 bits per heavy atom. The van der Waals surface area contributed by atoms with Gasteiger partial charge in [-0.3, -0.25) is 4.79 Å². The number of carboxylic acids is 1. The van der Waals surface area contributed by atoms with Crippen molar-refractivity contribution in [2.45, 2.75) is 12.8 Å². The number of rotatable bonds is 4. The molecule has 0 radical (unpaired) electrons. The van der Waals surface area contributed by atoms with E-state index < -0.39 is 11.9 Å². The molecular formula is C11H14ClNO2. The molecule has 3 N–H and O–H groups in total. The number of halogens is 1. The summed E-state index contributed by atoms with van der Waals surface area (Å²) in [5.74, 6) is -1.49. The second-order valence-electron chi connectivity index (χ2n) is 3.52. The van der Waals surface area contributed by atoms with Gasteiger partial charge in [0.2, 0.25) is 0 Å². The summed E-state index contributed by atoms with van der Waals surface area (Å²) in [6.45, 7) is 1.98. The Labute approximate surface area is 93.9 Å². The van der Waals surface area contributed by atoms with Gasteiger partial charge >= 0.3 is 5.97 Å². The van der Waals surface area contributed by atoms with Gasteiger partial charge in [0.05, 0.1) is 5.92 Å². The Kier molecular flexibility index (Phi) is 4.12. The van der Waals surface area contributed by atoms with Gasteiger partial charge in [-0.05, 0) is 17.7 Å². The molecule has 0 saturated carbocycles. The first-order valence-corrected chi connectivity index (χ1v) is 5.12. The van der Waals surface area contributed by atoms with Crippen LogP contribution in [-0.4, -0.2) is 17.6 Å². The number of benzene rings is 1. The lowest BCUT2D eigenvalue weighted by molar-refractivity contribution is -0.141. The maximum Gasteiger partial charge on any atom is 0.306 e. The van der Waals surface area contributed by atoms with Gasteiger partial charge in [-0.1, -0.05) is 30.7 Å². The van der Waals surface area contributed by atoms with Crippen LogP contribution in [0.2, 0.25) is 5.02 Å². The third-order valence-electron chi connectivity index (χ3n) is 2.55. The van der Waals surface area contributed by atoms with Gasteiger partial charge in [0.15, 0.2) is 0 Å². The van der Waals surface area contributed by atoms with Crippen molar-refractivity contribution in [3.63, 3.8) is 0 Å². The van der Waals surface area contributed by atoms with E-state index in [4.69, 9.17) is 22.4 Å². The quantitative estimate of drug-likeness (QED) is 0.828. The molecule has 3 nitrogen and oxygen atoms in total. The lowest BCUT2D eigenvalue weighted by Gasteiger charge is -2.19. The number of aliphatic carboxylic acids is 1. The Balaban J connectivity index is 2.92. The van der Waals surface area contributed by atoms with Crippen LogP contribution in [0.25, 0.3) is 0 Å². The Bertz CT molecular complexity index is 337. The summed E-state index contributed by atoms with van der Waals surface area (Å²) >= 11 is 5.75. The van der Waals surface area contributed by atoms with Crippen molar-refractivity contribution in [3.05, 3.63) is 34.9 Å². The van der Waals surface area contributed by atoms with Gasteiger partial charge in [0.25, 0.3) is 0 Å². The molecule has 0 aliphatic rings. The fourth-order valence-electron chi connectivity index (χ4n) is 1.51. The lowest BCUT2D eigenvalue weighted by Crippen LogP contribution is -2.25. The van der Waals surface area contributed by atoms with Gasteiger partial charge in [-0.15, -0.1) is 0 Å². The first-order valence-electron chi connectivity index (χ1n) is 4.74. The lowest BCUT2D eigenvalue weighted by atomic mass is 9.87. The van der Waals surface area contributed by atoms with Crippen molar-refractivity contribution in [2.75, 3.05) is 6.54 Å². The minimum absolute atomic E-state index is 0.167. The van der Waals surface area contributed by atoms with E-state index in [0.29, 0.717) is 11.6 Å². The minimum Gasteiger partial charge on any atom is -0.481 e. The molecule has 1 rings (SSSR count). The molecule has 0 aromatic heterocycles. The van der Waals surface area contributed by atoms with E-state index in [1.807, 2.05) is 12.1 Å². The van der Waals surface area contributed by atoms with E-state index >= 15 is 0 Å². The summed E-state index contributed by atoms with van der Waals surface area (Å²) < 4.78 is 0. The smallest absolute Gasteiger partial charge is 0.306 e. The summed E-state index contributed by atoms with van der Waals surface area (Å²) in [5.41, 5.74) is 6.50. The van der Waals surface area contributed by atoms with Gasteiger partial charge in [0, 0.05) is 17.5 Å². The van der Waals surface area contributed by atoms with Crippen LogP contribution >= 0.6 is 11.6 Å². The van der Waals surface area contributed by atoms with Crippen molar-refractivity contribution in [1.82, 2.24) is 0 Å². The molecule has 0 heterocycles. The highest BCUT2D eigenvalue weighted by atomic mass is 35.5. The first-order chi connectivity index (χ1) is 7.06. The second-order valence-corrected chi connectivity index (χ2v) is 3.96. The molecule has 2 atom stereocenters. The number of hydrogen-bond acceptors (Lipinski definition) is 2. The van der Waals surface area contributed by atoms with E-state index in [9.17, 15) is 4.79 Å². The molecule has 4 heteroatoms. The first kappa shape index (κ1) is 12.0. The van der Waals surface area contributed by atoms with Crippen LogP contribution in [0, 0.1) is 5.92 Å². The molecule has 0 amide bonds. The molecule has 15 heavy (non-hydrogen) atoms. The molecule has 0 aliphatic carbocycles. The van der Waals surface area contributed by atoms with E-state index in [1.54, 1.807) is 19.1 Å². The van der Waals surface area contributed by atoms with E-state index in [-0.39, 0.29) is 5.92 Å². The molecule has 1 unspecified atom stereocenters. The third-order valence-corrected chi connectivity index (χ3v) is 2.80. The fourth-order valence-corrected chi connectivity index (χ4v) is 1.64. The monoisotopic (exact) mass is 227 g/mol. The summed E-state index contributed by atoms with van der Waals surface area (Å²) in [5, 5.41) is 9.55. The van der Waals surface area contributed by atoms with Crippen LogP contribution in [0.3, 0.4) is 0 Å². The molecule has 0 aliphatic heterocycles. The zero-order valence-corrected chi connectivity index (χ0v) is 9.24. The average molecular weight is 228 g/mol. The van der Waals surface area contributed by atoms with Crippen molar-refractivity contribution in [3.8, 4) is 0 Å². The molecule has 1 aromatic rings. The average Bonchev–Trinajstić information content (AvgIpc) is 2.21. The summed E-state index contributed by atoms with van der Waals surface area (Å²) in [6, 6.07) is 7.13. The van der Waals surface area contributed by atoms with Crippen molar-refractivity contribution in [1.29, 1.82) is 0 Å². The van der Waals surface area contributed by atoms with Crippen LogP contribution in [0.15, 0.2) is 24.3 Å². The number of nitrogens with two attached hydrogens (primary N) is 1. The van der Waals surface area contributed by atoms with Gasteiger partial charge in [-0.25, -0.2) is 0 Å². The third kappa shape index (κ3) is 2.94.